The Hall–Kier alpha value is -4.74. The number of β-lactam (4-membered cyclic amide) rings is 1. The minimum Gasteiger partial charge on any atom is -0.457 e. The standard InChI is InChI=1S/C31H47N7O10S/c1-28(2,3)45-24(42)31(10,11)48-38-21(19-15-49-25(35-19)37-27(44)47-30(7,8)9)23(41)36-20-18(34-22(20)40)13-16(32)12-17(39)14-33-26(43)46-29(4,5)6/h12,15,18,20H,13-14,32H2,1-11H3,(H,33,43)(H,34,40)(H,36,41)(H,35,37,44)/b16-12+,38-21?/t18-,20-/m0/s1. The van der Waals surface area contributed by atoms with Crippen molar-refractivity contribution in [2.75, 3.05) is 11.9 Å². The Labute approximate surface area is 289 Å². The minimum absolute atomic E-state index is 0.0236. The number of thiazole rings is 1. The van der Waals surface area contributed by atoms with E-state index in [2.05, 4.69) is 31.4 Å². The van der Waals surface area contributed by atoms with E-state index in [0.29, 0.717) is 0 Å². The summed E-state index contributed by atoms with van der Waals surface area (Å²) in [5.74, 6) is -2.72. The van der Waals surface area contributed by atoms with Crippen LogP contribution >= 0.6 is 11.3 Å². The first-order valence-electron chi connectivity index (χ1n) is 15.3. The highest BCUT2D eigenvalue weighted by atomic mass is 32.1. The van der Waals surface area contributed by atoms with Crippen LogP contribution in [0.4, 0.5) is 14.7 Å². The highest BCUT2D eigenvalue weighted by Gasteiger charge is 2.42. The molecule has 0 bridgehead atoms. The predicted molar refractivity (Wildman–Crippen MR) is 180 cm³/mol. The summed E-state index contributed by atoms with van der Waals surface area (Å²) in [5.41, 5.74) is 1.63. The van der Waals surface area contributed by atoms with E-state index in [1.165, 1.54) is 19.2 Å². The zero-order valence-electron chi connectivity index (χ0n) is 29.7. The fraction of sp³-hybridized carbons (Fsp3) is 0.613. The third-order valence-corrected chi connectivity index (χ3v) is 6.49. The number of ether oxygens (including phenoxy) is 3. The molecule has 0 saturated carbocycles. The van der Waals surface area contributed by atoms with Gasteiger partial charge in [0.25, 0.3) is 5.91 Å². The van der Waals surface area contributed by atoms with Crippen molar-refractivity contribution in [3.63, 3.8) is 0 Å². The smallest absolute Gasteiger partial charge is 0.413 e. The van der Waals surface area contributed by atoms with Crippen LogP contribution < -0.4 is 27.0 Å². The van der Waals surface area contributed by atoms with Crippen LogP contribution in [-0.4, -0.2) is 87.5 Å². The lowest BCUT2D eigenvalue weighted by atomic mass is 9.93. The fourth-order valence-electron chi connectivity index (χ4n) is 3.66. The minimum atomic E-state index is -1.65. The lowest BCUT2D eigenvalue weighted by molar-refractivity contribution is -0.179. The molecule has 0 aliphatic carbocycles. The molecule has 17 nitrogen and oxygen atoms in total. The molecule has 1 fully saturated rings. The number of esters is 1. The predicted octanol–water partition coefficient (Wildman–Crippen LogP) is 2.64. The summed E-state index contributed by atoms with van der Waals surface area (Å²) < 4.78 is 15.7. The van der Waals surface area contributed by atoms with Crippen molar-refractivity contribution < 1.29 is 47.8 Å². The van der Waals surface area contributed by atoms with Crippen LogP contribution in [0.2, 0.25) is 0 Å². The lowest BCUT2D eigenvalue weighted by Crippen LogP contribution is -2.69. The Bertz CT molecular complexity index is 1500. The number of amides is 4. The van der Waals surface area contributed by atoms with Gasteiger partial charge in [0.1, 0.15) is 28.5 Å². The van der Waals surface area contributed by atoms with Gasteiger partial charge < -0.3 is 40.7 Å². The van der Waals surface area contributed by atoms with E-state index in [0.717, 1.165) is 17.4 Å². The van der Waals surface area contributed by atoms with Crippen LogP contribution in [0.1, 0.15) is 88.3 Å². The fourth-order valence-corrected chi connectivity index (χ4v) is 4.35. The van der Waals surface area contributed by atoms with E-state index in [4.69, 9.17) is 24.8 Å². The molecule has 6 N–H and O–H groups in total. The highest BCUT2D eigenvalue weighted by Crippen LogP contribution is 2.22. The molecule has 49 heavy (non-hydrogen) atoms. The molecule has 4 amide bonds. The van der Waals surface area contributed by atoms with Crippen LogP contribution in [0.5, 0.6) is 0 Å². The molecule has 0 radical (unpaired) electrons. The van der Waals surface area contributed by atoms with Gasteiger partial charge in [-0.2, -0.15) is 0 Å². The van der Waals surface area contributed by atoms with E-state index in [9.17, 15) is 28.8 Å². The van der Waals surface area contributed by atoms with Crippen LogP contribution in [0.3, 0.4) is 0 Å². The maximum Gasteiger partial charge on any atom is 0.413 e. The van der Waals surface area contributed by atoms with Crippen LogP contribution in [0.15, 0.2) is 22.3 Å². The van der Waals surface area contributed by atoms with Gasteiger partial charge in [0.05, 0.1) is 12.6 Å². The van der Waals surface area contributed by atoms with E-state index in [1.807, 2.05) is 0 Å². The number of nitrogens with one attached hydrogen (secondary N) is 4. The first kappa shape index (κ1) is 40.4. The summed E-state index contributed by atoms with van der Waals surface area (Å²) in [6.07, 6.45) is -0.471. The number of carbonyl (C=O) groups excluding carboxylic acids is 6. The molecule has 1 aliphatic heterocycles. The molecule has 18 heteroatoms. The van der Waals surface area contributed by atoms with Crippen LogP contribution in [0.25, 0.3) is 0 Å². The van der Waals surface area contributed by atoms with Gasteiger partial charge in [-0.25, -0.2) is 19.4 Å². The highest BCUT2D eigenvalue weighted by molar-refractivity contribution is 7.14. The number of alkyl carbamates (subject to hydrolysis) is 1. The topological polar surface area (TPSA) is 239 Å². The first-order chi connectivity index (χ1) is 22.2. The summed E-state index contributed by atoms with van der Waals surface area (Å²) in [5, 5.41) is 15.4. The molecule has 0 spiro atoms. The van der Waals surface area contributed by atoms with Crippen molar-refractivity contribution in [2.45, 2.75) is 117 Å². The Kier molecular flexibility index (Phi) is 12.9. The Morgan fingerprint density at radius 3 is 2.06 bits per heavy atom. The maximum atomic E-state index is 13.6. The Balaban J connectivity index is 2.23. The van der Waals surface area contributed by atoms with Crippen molar-refractivity contribution >= 4 is 57.9 Å². The second-order valence-electron chi connectivity index (χ2n) is 14.5. The third-order valence-electron chi connectivity index (χ3n) is 5.73. The summed E-state index contributed by atoms with van der Waals surface area (Å²) in [6.45, 7) is 17.6. The average Bonchev–Trinajstić information content (AvgIpc) is 3.35. The maximum absolute atomic E-state index is 13.6. The van der Waals surface area contributed by atoms with Gasteiger partial charge in [0.2, 0.25) is 11.5 Å². The molecule has 0 aromatic carbocycles. The molecule has 2 heterocycles. The lowest BCUT2D eigenvalue weighted by Gasteiger charge is -2.37. The Morgan fingerprint density at radius 2 is 1.51 bits per heavy atom. The summed E-state index contributed by atoms with van der Waals surface area (Å²) in [6, 6.07) is -1.81. The largest absolute Gasteiger partial charge is 0.457 e. The molecule has 272 valence electrons. The Morgan fingerprint density at radius 1 is 0.939 bits per heavy atom. The van der Waals surface area contributed by atoms with Crippen molar-refractivity contribution in [3.05, 3.63) is 22.8 Å². The second kappa shape index (κ2) is 15.7. The molecule has 1 aliphatic rings. The van der Waals surface area contributed by atoms with E-state index in [1.54, 1.807) is 62.3 Å². The number of carbonyl (C=O) groups is 6. The molecular formula is C31H47N7O10S. The SMILES string of the molecule is CC(C)(C)OC(=O)NCC(=O)/C=C(/N)C[C@@H]1NC(=O)[C@H]1NC(=O)C(=NOC(C)(C)C(=O)OC(C)(C)C)c1csc(NC(=O)OC(C)(C)C)n1. The van der Waals surface area contributed by atoms with Crippen molar-refractivity contribution in [1.82, 2.24) is 20.9 Å². The van der Waals surface area contributed by atoms with Crippen molar-refractivity contribution in [3.8, 4) is 0 Å². The molecule has 2 atom stereocenters. The van der Waals surface area contributed by atoms with E-state index in [-0.39, 0.29) is 29.5 Å². The summed E-state index contributed by atoms with van der Waals surface area (Å²) >= 11 is 0.959. The van der Waals surface area contributed by atoms with Crippen LogP contribution in [0, 0.1) is 0 Å². The zero-order valence-corrected chi connectivity index (χ0v) is 30.5. The third kappa shape index (κ3) is 14.1. The molecule has 1 aromatic rings. The van der Waals surface area contributed by atoms with Gasteiger partial charge in [-0.05, 0) is 76.2 Å². The number of hydrogen-bond acceptors (Lipinski definition) is 14. The van der Waals surface area contributed by atoms with E-state index < -0.39 is 76.0 Å². The number of nitrogens with zero attached hydrogens (tertiary/aromatic N) is 2. The van der Waals surface area contributed by atoms with Crippen molar-refractivity contribution in [2.24, 2.45) is 10.9 Å². The number of anilines is 1. The van der Waals surface area contributed by atoms with Gasteiger partial charge in [0, 0.05) is 23.6 Å². The number of oxime groups is 1. The van der Waals surface area contributed by atoms with Gasteiger partial charge in [-0.3, -0.25) is 19.7 Å². The summed E-state index contributed by atoms with van der Waals surface area (Å²) in [7, 11) is 0. The first-order valence-corrected chi connectivity index (χ1v) is 16.1. The molecule has 0 unspecified atom stereocenters. The van der Waals surface area contributed by atoms with Gasteiger partial charge in [-0.15, -0.1) is 11.3 Å². The number of hydrogen-bond donors (Lipinski definition) is 5. The summed E-state index contributed by atoms with van der Waals surface area (Å²) in [4.78, 5) is 84.9. The number of rotatable bonds is 12. The van der Waals surface area contributed by atoms with Gasteiger partial charge in [0.15, 0.2) is 16.6 Å². The monoisotopic (exact) mass is 709 g/mol. The molecule has 2 rings (SSSR count). The molecule has 1 saturated heterocycles. The van der Waals surface area contributed by atoms with Crippen LogP contribution in [-0.2, 0) is 38.2 Å². The zero-order chi connectivity index (χ0) is 37.5. The van der Waals surface area contributed by atoms with Gasteiger partial charge in [-0.1, -0.05) is 5.16 Å². The normalized spacial score (nSPS) is 17.2. The number of aromatic nitrogens is 1. The molecular weight excluding hydrogens is 662 g/mol. The van der Waals surface area contributed by atoms with Crippen molar-refractivity contribution in [1.29, 1.82) is 0 Å². The number of ketones is 1. The second-order valence-corrected chi connectivity index (χ2v) is 15.4. The quantitative estimate of drug-likeness (QED) is 0.0526. The number of nitrogens with two attached hydrogens (primary N) is 1. The average molecular weight is 710 g/mol. The molecule has 1 aromatic heterocycles. The van der Waals surface area contributed by atoms with Gasteiger partial charge >= 0.3 is 18.2 Å². The van der Waals surface area contributed by atoms with E-state index >= 15 is 0 Å².